The average molecular weight is 366 g/mol. The van der Waals surface area contributed by atoms with Gasteiger partial charge in [-0.25, -0.2) is 10.0 Å². The first kappa shape index (κ1) is 17.0. The van der Waals surface area contributed by atoms with Crippen molar-refractivity contribution in [2.75, 3.05) is 7.11 Å². The van der Waals surface area contributed by atoms with Crippen LogP contribution >= 0.6 is 11.6 Å². The second-order valence-corrected chi connectivity index (χ2v) is 5.23. The minimum Gasteiger partial charge on any atom is -0.595 e. The largest absolute Gasteiger partial charge is 0.595 e. The molecule has 2 N–H and O–H groups in total. The van der Waals surface area contributed by atoms with Gasteiger partial charge in [0, 0.05) is 11.1 Å². The maximum Gasteiger partial charge on any atom is 0.444 e. The Morgan fingerprint density at radius 1 is 1.28 bits per heavy atom. The van der Waals surface area contributed by atoms with E-state index in [-0.39, 0.29) is 23.2 Å². The van der Waals surface area contributed by atoms with Gasteiger partial charge in [-0.15, -0.1) is 0 Å². The van der Waals surface area contributed by atoms with E-state index in [4.69, 9.17) is 25.5 Å². The van der Waals surface area contributed by atoms with Crippen LogP contribution in [0.3, 0.4) is 0 Å². The molecule has 0 amide bonds. The molecule has 0 radical (unpaired) electrons. The molecule has 0 aliphatic heterocycles. The quantitative estimate of drug-likeness (QED) is 0.661. The van der Waals surface area contributed by atoms with Gasteiger partial charge < -0.3 is 19.1 Å². The zero-order chi connectivity index (χ0) is 18.0. The summed E-state index contributed by atoms with van der Waals surface area (Å²) in [5.74, 6) is -0.290. The van der Waals surface area contributed by atoms with Crippen molar-refractivity contribution in [1.82, 2.24) is 9.78 Å². The highest BCUT2D eigenvalue weighted by Gasteiger charge is 2.17. The lowest BCUT2D eigenvalue weighted by atomic mass is 10.2. The predicted molar refractivity (Wildman–Crippen MR) is 86.0 cm³/mol. The van der Waals surface area contributed by atoms with Gasteiger partial charge in [0.15, 0.2) is 5.75 Å². The van der Waals surface area contributed by atoms with Crippen LogP contribution in [0.4, 0.5) is 5.69 Å². The van der Waals surface area contributed by atoms with E-state index in [0.29, 0.717) is 10.8 Å². The number of methoxy groups -OCH3 is 1. The monoisotopic (exact) mass is 365 g/mol. The maximum atomic E-state index is 11.8. The molecule has 1 unspecified atom stereocenters. The van der Waals surface area contributed by atoms with Gasteiger partial charge >= 0.3 is 11.8 Å². The molecular formula is C15H12ClN3O6. The molecule has 2 aromatic carbocycles. The Bertz CT molecular complexity index is 935. The summed E-state index contributed by atoms with van der Waals surface area (Å²) >= 11 is 5.81. The lowest BCUT2D eigenvalue weighted by Gasteiger charge is -2.16. The number of halogens is 1. The number of rotatable bonds is 5. The average Bonchev–Trinajstić information content (AvgIpc) is 2.98. The van der Waals surface area contributed by atoms with Crippen LogP contribution in [-0.4, -0.2) is 22.1 Å². The number of hydrogen-bond donors (Lipinski definition) is 2. The molecule has 130 valence electrons. The summed E-state index contributed by atoms with van der Waals surface area (Å²) in [4.78, 5) is 11.8. The summed E-state index contributed by atoms with van der Waals surface area (Å²) in [6.07, 6.45) is -0.233. The van der Waals surface area contributed by atoms with Crippen molar-refractivity contribution in [3.63, 3.8) is 0 Å². The minimum atomic E-state index is -1.23. The molecule has 0 spiro atoms. The Balaban J connectivity index is 1.99. The van der Waals surface area contributed by atoms with Gasteiger partial charge in [0.2, 0.25) is 5.69 Å². The van der Waals surface area contributed by atoms with Crippen molar-refractivity contribution in [3.05, 3.63) is 63.2 Å². The van der Waals surface area contributed by atoms with Crippen LogP contribution in [0.5, 0.6) is 17.6 Å². The Morgan fingerprint density at radius 2 is 2.00 bits per heavy atom. The Hall–Kier alpha value is -2.85. The molecule has 9 nitrogen and oxygen atoms in total. The van der Waals surface area contributed by atoms with Crippen LogP contribution in [0.15, 0.2) is 51.7 Å². The second-order valence-electron chi connectivity index (χ2n) is 4.79. The van der Waals surface area contributed by atoms with Crippen LogP contribution in [-0.2, 0) is 0 Å². The maximum absolute atomic E-state index is 11.8. The zero-order valence-electron chi connectivity index (χ0n) is 12.8. The third-order valence-corrected chi connectivity index (χ3v) is 3.44. The molecule has 1 aromatic heterocycles. The van der Waals surface area contributed by atoms with E-state index < -0.39 is 11.0 Å². The van der Waals surface area contributed by atoms with Crippen LogP contribution in [0.25, 0.3) is 5.69 Å². The van der Waals surface area contributed by atoms with Crippen LogP contribution in [0.2, 0.25) is 5.02 Å². The molecule has 0 saturated heterocycles. The summed E-state index contributed by atoms with van der Waals surface area (Å²) in [5.41, 5.74) is 0.0409. The summed E-state index contributed by atoms with van der Waals surface area (Å²) in [6, 6.07) is 10.6. The van der Waals surface area contributed by atoms with Crippen molar-refractivity contribution in [3.8, 4) is 23.3 Å². The smallest absolute Gasteiger partial charge is 0.444 e. The molecule has 25 heavy (non-hydrogen) atoms. The molecule has 0 aliphatic rings. The van der Waals surface area contributed by atoms with E-state index in [0.717, 1.165) is 4.68 Å². The number of nitrogens with one attached hydrogen (secondary N) is 1. The Kier molecular flexibility index (Phi) is 4.72. The van der Waals surface area contributed by atoms with Gasteiger partial charge in [0.05, 0.1) is 12.8 Å². The molecule has 3 rings (SSSR count). The van der Waals surface area contributed by atoms with E-state index in [2.05, 4.69) is 5.10 Å². The number of benzene rings is 2. The SMILES string of the molecule is COc1nn(-c2ccc(Oc3ccc(Cl)cc3)c([NH+]([O-])O)c2)c(=O)o1. The van der Waals surface area contributed by atoms with E-state index in [1.54, 1.807) is 24.3 Å². The van der Waals surface area contributed by atoms with E-state index >= 15 is 0 Å². The van der Waals surface area contributed by atoms with Crippen LogP contribution < -0.4 is 20.5 Å². The number of aromatic nitrogens is 2. The summed E-state index contributed by atoms with van der Waals surface area (Å²) in [7, 11) is 1.29. The zero-order valence-corrected chi connectivity index (χ0v) is 13.6. The fourth-order valence-corrected chi connectivity index (χ4v) is 2.17. The number of quaternary nitrogens is 1. The van der Waals surface area contributed by atoms with Gasteiger partial charge in [0.25, 0.3) is 0 Å². The highest BCUT2D eigenvalue weighted by molar-refractivity contribution is 6.30. The van der Waals surface area contributed by atoms with E-state index in [1.165, 1.54) is 25.3 Å². The molecule has 1 heterocycles. The first-order valence-electron chi connectivity index (χ1n) is 6.93. The first-order chi connectivity index (χ1) is 12.0. The summed E-state index contributed by atoms with van der Waals surface area (Å²) < 4.78 is 15.9. The van der Waals surface area contributed by atoms with Crippen molar-refractivity contribution >= 4 is 17.3 Å². The number of hydrogen-bond acceptors (Lipinski definition) is 7. The Labute approximate surface area is 145 Å². The topological polar surface area (TPSA) is 114 Å². The fraction of sp³-hybridized carbons (Fsp3) is 0.0667. The van der Waals surface area contributed by atoms with Crippen LogP contribution in [0, 0.1) is 5.21 Å². The third kappa shape index (κ3) is 3.64. The molecular weight excluding hydrogens is 354 g/mol. The van der Waals surface area contributed by atoms with E-state index in [9.17, 15) is 15.2 Å². The molecule has 0 saturated carbocycles. The molecule has 0 fully saturated rings. The predicted octanol–water partition coefficient (Wildman–Crippen LogP) is 1.68. The highest BCUT2D eigenvalue weighted by Crippen LogP contribution is 2.29. The van der Waals surface area contributed by atoms with Crippen LogP contribution in [0.1, 0.15) is 0 Å². The van der Waals surface area contributed by atoms with Gasteiger partial charge in [0.1, 0.15) is 5.75 Å². The van der Waals surface area contributed by atoms with Gasteiger partial charge in [-0.1, -0.05) is 16.7 Å². The minimum absolute atomic E-state index is 0.0991. The molecule has 0 aliphatic carbocycles. The molecule has 1 atom stereocenters. The molecule has 3 aromatic rings. The summed E-state index contributed by atoms with van der Waals surface area (Å²) in [5, 5.41) is 24.1. The highest BCUT2D eigenvalue weighted by atomic mass is 35.5. The summed E-state index contributed by atoms with van der Waals surface area (Å²) in [6.45, 7) is 0. The standard InChI is InChI=1S/C15H12ClN3O6/c1-23-14-17-18(15(20)25-14)10-4-7-13(12(8-10)19(21)22)24-11-5-2-9(16)3-6-11/h2-8,19,21H,1H3. The first-order valence-corrected chi connectivity index (χ1v) is 7.31. The van der Waals surface area contributed by atoms with Gasteiger partial charge in [-0.05, 0) is 36.4 Å². The third-order valence-electron chi connectivity index (χ3n) is 3.18. The van der Waals surface area contributed by atoms with Crippen molar-refractivity contribution in [2.45, 2.75) is 0 Å². The lowest BCUT2D eigenvalue weighted by molar-refractivity contribution is -0.991. The van der Waals surface area contributed by atoms with E-state index in [1.807, 2.05) is 0 Å². The second kappa shape index (κ2) is 6.95. The number of ether oxygens (including phenoxy) is 2. The number of nitrogens with zero attached hydrogens (tertiary/aromatic N) is 2. The lowest BCUT2D eigenvalue weighted by Crippen LogP contribution is -2.99. The van der Waals surface area contributed by atoms with Crippen molar-refractivity contribution in [2.24, 2.45) is 0 Å². The van der Waals surface area contributed by atoms with Crippen molar-refractivity contribution < 1.29 is 24.3 Å². The van der Waals surface area contributed by atoms with Gasteiger partial charge in [-0.2, -0.15) is 9.91 Å². The van der Waals surface area contributed by atoms with Crippen molar-refractivity contribution in [1.29, 1.82) is 0 Å². The normalized spacial score (nSPS) is 12.0. The van der Waals surface area contributed by atoms with Gasteiger partial charge in [-0.3, -0.25) is 0 Å². The molecule has 10 heteroatoms. The molecule has 0 bridgehead atoms. The Morgan fingerprint density at radius 3 is 2.60 bits per heavy atom. The fourth-order valence-electron chi connectivity index (χ4n) is 2.04.